The molecule has 144 valence electrons. The predicted octanol–water partition coefficient (Wildman–Crippen LogP) is 3.04. The van der Waals surface area contributed by atoms with Crippen molar-refractivity contribution in [2.75, 3.05) is 13.1 Å². The first-order chi connectivity index (χ1) is 13.0. The molecule has 0 atom stereocenters. The van der Waals surface area contributed by atoms with Crippen LogP contribution in [-0.4, -0.2) is 45.2 Å². The van der Waals surface area contributed by atoms with Crippen molar-refractivity contribution in [2.45, 2.75) is 32.1 Å². The first-order valence-electron chi connectivity index (χ1n) is 8.76. The molecule has 1 aromatic rings. The van der Waals surface area contributed by atoms with Crippen LogP contribution in [0.2, 0.25) is 0 Å². The summed E-state index contributed by atoms with van der Waals surface area (Å²) in [5.74, 6) is -1.12. The van der Waals surface area contributed by atoms with Crippen molar-refractivity contribution in [1.29, 1.82) is 0 Å². The van der Waals surface area contributed by atoms with E-state index in [0.29, 0.717) is 22.2 Å². The number of thioether (sulfide) groups is 1. The monoisotopic (exact) mass is 406 g/mol. The SMILES string of the molecule is O=C(O)CCCCCNC(=O)CCN1C(=O)C(=Cc2ccccc2)SC1=S. The highest BCUT2D eigenvalue weighted by molar-refractivity contribution is 8.26. The predicted molar refractivity (Wildman–Crippen MR) is 110 cm³/mol. The summed E-state index contributed by atoms with van der Waals surface area (Å²) >= 11 is 6.51. The second kappa shape index (κ2) is 10.8. The Balaban J connectivity index is 1.73. The number of nitrogens with zero attached hydrogens (tertiary/aromatic N) is 1. The molecule has 2 rings (SSSR count). The first kappa shape index (κ1) is 21.1. The number of amides is 2. The Kier molecular flexibility index (Phi) is 8.47. The molecular weight excluding hydrogens is 384 g/mol. The minimum Gasteiger partial charge on any atom is -0.481 e. The fourth-order valence-corrected chi connectivity index (χ4v) is 3.81. The standard InChI is InChI=1S/C19H22N2O4S2/c22-16(20-11-6-2-5-9-17(23)24)10-12-21-18(25)15(27-19(21)26)13-14-7-3-1-4-8-14/h1,3-4,7-8,13H,2,5-6,9-12H2,(H,20,22)(H,23,24). The molecule has 1 fully saturated rings. The van der Waals surface area contributed by atoms with Gasteiger partial charge in [-0.15, -0.1) is 0 Å². The Hall–Kier alpha value is -2.19. The largest absolute Gasteiger partial charge is 0.481 e. The van der Waals surface area contributed by atoms with Crippen LogP contribution in [0.15, 0.2) is 35.2 Å². The number of unbranched alkanes of at least 4 members (excludes halogenated alkanes) is 2. The molecule has 0 radical (unpaired) electrons. The van der Waals surface area contributed by atoms with E-state index in [4.69, 9.17) is 17.3 Å². The van der Waals surface area contributed by atoms with Crippen LogP contribution < -0.4 is 5.32 Å². The van der Waals surface area contributed by atoms with E-state index in [0.717, 1.165) is 18.4 Å². The van der Waals surface area contributed by atoms with Gasteiger partial charge in [-0.1, -0.05) is 60.7 Å². The normalized spacial score (nSPS) is 15.4. The van der Waals surface area contributed by atoms with Crippen molar-refractivity contribution in [3.63, 3.8) is 0 Å². The number of hydrogen-bond acceptors (Lipinski definition) is 5. The summed E-state index contributed by atoms with van der Waals surface area (Å²) in [6.07, 6.45) is 4.23. The molecule has 0 aromatic heterocycles. The first-order valence-corrected chi connectivity index (χ1v) is 9.99. The van der Waals surface area contributed by atoms with E-state index in [1.807, 2.05) is 30.3 Å². The highest BCUT2D eigenvalue weighted by Gasteiger charge is 2.31. The molecule has 1 heterocycles. The molecule has 0 unspecified atom stereocenters. The Labute approximate surface area is 168 Å². The zero-order valence-electron chi connectivity index (χ0n) is 14.8. The van der Waals surface area contributed by atoms with Gasteiger partial charge in [-0.2, -0.15) is 0 Å². The summed E-state index contributed by atoms with van der Waals surface area (Å²) in [4.78, 5) is 36.8. The fraction of sp³-hybridized carbons (Fsp3) is 0.368. The van der Waals surface area contributed by atoms with Gasteiger partial charge >= 0.3 is 5.97 Å². The number of aliphatic carboxylic acids is 1. The summed E-state index contributed by atoms with van der Waals surface area (Å²) in [5.41, 5.74) is 0.929. The lowest BCUT2D eigenvalue weighted by Gasteiger charge is -2.14. The molecule has 0 spiro atoms. The molecule has 2 N–H and O–H groups in total. The van der Waals surface area contributed by atoms with Gasteiger partial charge in [0.25, 0.3) is 5.91 Å². The number of benzene rings is 1. The van der Waals surface area contributed by atoms with Gasteiger partial charge in [0.15, 0.2) is 0 Å². The van der Waals surface area contributed by atoms with Gasteiger partial charge in [-0.3, -0.25) is 19.3 Å². The highest BCUT2D eigenvalue weighted by atomic mass is 32.2. The Bertz CT molecular complexity index is 734. The molecule has 2 amide bonds. The summed E-state index contributed by atoms with van der Waals surface area (Å²) < 4.78 is 0.462. The van der Waals surface area contributed by atoms with E-state index in [1.54, 1.807) is 6.08 Å². The number of rotatable bonds is 10. The zero-order chi connectivity index (χ0) is 19.6. The van der Waals surface area contributed by atoms with Gasteiger partial charge in [0.1, 0.15) is 4.32 Å². The van der Waals surface area contributed by atoms with Crippen molar-refractivity contribution in [2.24, 2.45) is 0 Å². The number of thiocarbonyl (C=S) groups is 1. The summed E-state index contributed by atoms with van der Waals surface area (Å²) in [7, 11) is 0. The molecule has 1 aliphatic heterocycles. The molecule has 1 aromatic carbocycles. The minimum absolute atomic E-state index is 0.144. The van der Waals surface area contributed by atoms with Crippen LogP contribution in [0.1, 0.15) is 37.7 Å². The maximum absolute atomic E-state index is 12.5. The Morgan fingerprint density at radius 2 is 1.89 bits per heavy atom. The average molecular weight is 407 g/mol. The van der Waals surface area contributed by atoms with Crippen LogP contribution in [0.5, 0.6) is 0 Å². The summed E-state index contributed by atoms with van der Waals surface area (Å²) in [6.45, 7) is 0.756. The summed E-state index contributed by atoms with van der Waals surface area (Å²) in [6, 6.07) is 9.54. The van der Waals surface area contributed by atoms with E-state index >= 15 is 0 Å². The number of carboxylic acids is 1. The molecule has 1 saturated heterocycles. The van der Waals surface area contributed by atoms with Crippen LogP contribution in [0.3, 0.4) is 0 Å². The van der Waals surface area contributed by atoms with Crippen LogP contribution in [0.25, 0.3) is 6.08 Å². The molecule has 8 heteroatoms. The van der Waals surface area contributed by atoms with Crippen LogP contribution in [0, 0.1) is 0 Å². The number of nitrogens with one attached hydrogen (secondary N) is 1. The maximum atomic E-state index is 12.5. The average Bonchev–Trinajstić information content (AvgIpc) is 2.90. The van der Waals surface area contributed by atoms with E-state index < -0.39 is 5.97 Å². The van der Waals surface area contributed by atoms with E-state index in [1.165, 1.54) is 16.7 Å². The second-order valence-corrected chi connectivity index (χ2v) is 7.72. The molecule has 0 saturated carbocycles. The highest BCUT2D eigenvalue weighted by Crippen LogP contribution is 2.32. The van der Waals surface area contributed by atoms with Crippen LogP contribution in [-0.2, 0) is 14.4 Å². The third-order valence-electron chi connectivity index (χ3n) is 3.92. The van der Waals surface area contributed by atoms with Crippen molar-refractivity contribution in [3.05, 3.63) is 40.8 Å². The Morgan fingerprint density at radius 3 is 2.59 bits per heavy atom. The van der Waals surface area contributed by atoms with Crippen molar-refractivity contribution < 1.29 is 19.5 Å². The summed E-state index contributed by atoms with van der Waals surface area (Å²) in [5, 5.41) is 11.3. The lowest BCUT2D eigenvalue weighted by molar-refractivity contribution is -0.137. The second-order valence-electron chi connectivity index (χ2n) is 6.05. The molecule has 27 heavy (non-hydrogen) atoms. The van der Waals surface area contributed by atoms with Gasteiger partial charge in [-0.25, -0.2) is 0 Å². The quantitative estimate of drug-likeness (QED) is 0.353. The molecular formula is C19H22N2O4S2. The smallest absolute Gasteiger partial charge is 0.303 e. The van der Waals surface area contributed by atoms with Crippen LogP contribution in [0.4, 0.5) is 0 Å². The van der Waals surface area contributed by atoms with Gasteiger partial charge in [0, 0.05) is 25.9 Å². The van der Waals surface area contributed by atoms with Crippen molar-refractivity contribution >= 4 is 52.2 Å². The van der Waals surface area contributed by atoms with E-state index in [9.17, 15) is 14.4 Å². The molecule has 0 bridgehead atoms. The van der Waals surface area contributed by atoms with Gasteiger partial charge in [0.05, 0.1) is 4.91 Å². The topological polar surface area (TPSA) is 86.7 Å². The number of carbonyl (C=O) groups excluding carboxylic acids is 2. The van der Waals surface area contributed by atoms with E-state index in [-0.39, 0.29) is 31.2 Å². The molecule has 1 aliphatic rings. The molecule has 6 nitrogen and oxygen atoms in total. The van der Waals surface area contributed by atoms with E-state index in [2.05, 4.69) is 5.32 Å². The maximum Gasteiger partial charge on any atom is 0.303 e. The zero-order valence-corrected chi connectivity index (χ0v) is 16.5. The van der Waals surface area contributed by atoms with Gasteiger partial charge in [-0.05, 0) is 24.5 Å². The third kappa shape index (κ3) is 7.15. The number of hydrogen-bond donors (Lipinski definition) is 2. The number of carboxylic acid groups (broad SMARTS) is 1. The Morgan fingerprint density at radius 1 is 1.15 bits per heavy atom. The van der Waals surface area contributed by atoms with Gasteiger partial charge < -0.3 is 10.4 Å². The van der Waals surface area contributed by atoms with Crippen molar-refractivity contribution in [1.82, 2.24) is 10.2 Å². The van der Waals surface area contributed by atoms with Crippen molar-refractivity contribution in [3.8, 4) is 0 Å². The minimum atomic E-state index is -0.802. The third-order valence-corrected chi connectivity index (χ3v) is 5.30. The number of carbonyl (C=O) groups is 3. The van der Waals surface area contributed by atoms with Gasteiger partial charge in [0.2, 0.25) is 5.91 Å². The fourth-order valence-electron chi connectivity index (χ4n) is 2.50. The lowest BCUT2D eigenvalue weighted by atomic mass is 10.2. The van der Waals surface area contributed by atoms with Crippen LogP contribution >= 0.6 is 24.0 Å². The lowest BCUT2D eigenvalue weighted by Crippen LogP contribution is -2.33. The molecule has 0 aliphatic carbocycles.